The fraction of sp³-hybridized carbons (Fsp3) is 0.150. The molecule has 1 saturated carbocycles. The molecule has 0 aliphatic heterocycles. The third-order valence-corrected chi connectivity index (χ3v) is 4.97. The average Bonchev–Trinajstić information content (AvgIpc) is 3.32. The van der Waals surface area contributed by atoms with E-state index in [-0.39, 0.29) is 11.6 Å². The zero-order valence-corrected chi connectivity index (χ0v) is 15.8. The normalized spacial score (nSPS) is 13.3. The molecule has 0 spiro atoms. The van der Waals surface area contributed by atoms with Gasteiger partial charge in [0.05, 0.1) is 5.56 Å². The van der Waals surface area contributed by atoms with E-state index in [1.165, 1.54) is 10.8 Å². The lowest BCUT2D eigenvalue weighted by Gasteiger charge is -2.07. The van der Waals surface area contributed by atoms with Crippen LogP contribution in [0.15, 0.2) is 48.9 Å². The number of aromatic amines is 1. The van der Waals surface area contributed by atoms with E-state index in [4.69, 9.17) is 5.73 Å². The van der Waals surface area contributed by atoms with E-state index in [2.05, 4.69) is 30.9 Å². The van der Waals surface area contributed by atoms with Crippen LogP contribution in [-0.4, -0.2) is 36.6 Å². The number of urea groups is 1. The highest BCUT2D eigenvalue weighted by Crippen LogP contribution is 2.39. The number of benzene rings is 1. The molecule has 0 radical (unpaired) electrons. The Morgan fingerprint density at radius 3 is 2.87 bits per heavy atom. The fourth-order valence-corrected chi connectivity index (χ4v) is 3.34. The molecule has 10 heteroatoms. The maximum atomic E-state index is 13.0. The zero-order valence-electron chi connectivity index (χ0n) is 15.8. The molecule has 3 aromatic heterocycles. The summed E-state index contributed by atoms with van der Waals surface area (Å²) >= 11 is 0. The molecule has 30 heavy (non-hydrogen) atoms. The van der Waals surface area contributed by atoms with Crippen molar-refractivity contribution in [2.45, 2.75) is 18.8 Å². The topological polar surface area (TPSA) is 143 Å². The number of nitrogen functional groups attached to an aromatic ring is 1. The summed E-state index contributed by atoms with van der Waals surface area (Å²) in [6.45, 7) is 0. The maximum absolute atomic E-state index is 13.0. The maximum Gasteiger partial charge on any atom is 0.324 e. The Morgan fingerprint density at radius 2 is 2.03 bits per heavy atom. The van der Waals surface area contributed by atoms with Crippen molar-refractivity contribution >= 4 is 34.7 Å². The van der Waals surface area contributed by atoms with E-state index in [9.17, 15) is 9.59 Å². The number of H-pyrrole nitrogens is 1. The summed E-state index contributed by atoms with van der Waals surface area (Å²) in [5.74, 6) is 0.946. The minimum absolute atomic E-state index is 0.219. The van der Waals surface area contributed by atoms with Gasteiger partial charge in [-0.25, -0.2) is 14.3 Å². The lowest BCUT2D eigenvalue weighted by molar-refractivity contribution is 0.104. The summed E-state index contributed by atoms with van der Waals surface area (Å²) in [4.78, 5) is 29.3. The van der Waals surface area contributed by atoms with Crippen molar-refractivity contribution in [3.8, 4) is 0 Å². The minimum atomic E-state index is -0.444. The molecule has 1 aliphatic rings. The SMILES string of the molecule is Nc1ncnn2ccc(C(=O)c3cccc(NC(=O)Nc4cc(C5CC5)[nH]n4)c3)c12. The Bertz CT molecular complexity index is 1270. The van der Waals surface area contributed by atoms with Crippen molar-refractivity contribution in [2.75, 3.05) is 16.4 Å². The lowest BCUT2D eigenvalue weighted by Crippen LogP contribution is -2.19. The van der Waals surface area contributed by atoms with E-state index < -0.39 is 6.03 Å². The molecule has 0 saturated heterocycles. The van der Waals surface area contributed by atoms with Gasteiger partial charge in [-0.05, 0) is 31.0 Å². The molecular formula is C20H18N8O2. The van der Waals surface area contributed by atoms with Crippen LogP contribution in [0.25, 0.3) is 5.52 Å². The van der Waals surface area contributed by atoms with Gasteiger partial charge < -0.3 is 11.1 Å². The smallest absolute Gasteiger partial charge is 0.324 e. The number of amides is 2. The van der Waals surface area contributed by atoms with Gasteiger partial charge >= 0.3 is 6.03 Å². The number of aromatic nitrogens is 5. The first-order chi connectivity index (χ1) is 14.6. The molecular weight excluding hydrogens is 384 g/mol. The van der Waals surface area contributed by atoms with Gasteiger partial charge in [0.25, 0.3) is 0 Å². The molecule has 1 fully saturated rings. The Morgan fingerprint density at radius 1 is 1.17 bits per heavy atom. The van der Waals surface area contributed by atoms with Crippen LogP contribution >= 0.6 is 0 Å². The van der Waals surface area contributed by atoms with Crippen LogP contribution in [0.2, 0.25) is 0 Å². The standard InChI is InChI=1S/C20H18N8O2/c21-19-17-14(6-7-28(17)23-10-22-19)18(29)12-2-1-3-13(8-12)24-20(30)25-16-9-15(26-27-16)11-4-5-11/h1-3,6-11H,4-5H2,(H2,21,22,23)(H3,24,25,26,27,30). The predicted molar refractivity (Wildman–Crippen MR) is 110 cm³/mol. The summed E-state index contributed by atoms with van der Waals surface area (Å²) in [6, 6.07) is 9.70. The second kappa shape index (κ2) is 6.99. The number of nitrogens with one attached hydrogen (secondary N) is 3. The van der Waals surface area contributed by atoms with Crippen molar-refractivity contribution in [3.05, 3.63) is 65.7 Å². The molecule has 5 N–H and O–H groups in total. The van der Waals surface area contributed by atoms with Crippen molar-refractivity contribution in [1.29, 1.82) is 0 Å². The molecule has 3 heterocycles. The molecule has 5 rings (SSSR count). The Kier molecular flexibility index (Phi) is 4.16. The van der Waals surface area contributed by atoms with Gasteiger partial charge in [-0.1, -0.05) is 12.1 Å². The predicted octanol–water partition coefficient (Wildman–Crippen LogP) is 2.79. The molecule has 10 nitrogen and oxygen atoms in total. The van der Waals surface area contributed by atoms with E-state index in [1.807, 2.05) is 6.07 Å². The van der Waals surface area contributed by atoms with E-state index in [1.54, 1.807) is 36.5 Å². The van der Waals surface area contributed by atoms with Gasteiger partial charge in [0.1, 0.15) is 11.8 Å². The summed E-state index contributed by atoms with van der Waals surface area (Å²) in [5, 5.41) is 16.5. The van der Waals surface area contributed by atoms with Crippen molar-refractivity contribution < 1.29 is 9.59 Å². The largest absolute Gasteiger partial charge is 0.382 e. The van der Waals surface area contributed by atoms with Crippen LogP contribution in [0.4, 0.5) is 22.1 Å². The zero-order chi connectivity index (χ0) is 20.7. The van der Waals surface area contributed by atoms with Crippen LogP contribution in [0.5, 0.6) is 0 Å². The van der Waals surface area contributed by atoms with Gasteiger partial charge in [0.15, 0.2) is 17.4 Å². The van der Waals surface area contributed by atoms with Gasteiger partial charge in [0.2, 0.25) is 0 Å². The van der Waals surface area contributed by atoms with E-state index in [0.29, 0.717) is 34.1 Å². The second-order valence-electron chi connectivity index (χ2n) is 7.14. The van der Waals surface area contributed by atoms with Gasteiger partial charge in [-0.2, -0.15) is 10.2 Å². The molecule has 2 amide bonds. The molecule has 0 atom stereocenters. The summed E-state index contributed by atoms with van der Waals surface area (Å²) < 4.78 is 1.50. The summed E-state index contributed by atoms with van der Waals surface area (Å²) in [5.41, 5.74) is 8.66. The number of carbonyl (C=O) groups excluding carboxylic acids is 2. The van der Waals surface area contributed by atoms with Crippen molar-refractivity contribution in [2.24, 2.45) is 0 Å². The van der Waals surface area contributed by atoms with Crippen molar-refractivity contribution in [3.63, 3.8) is 0 Å². The second-order valence-corrected chi connectivity index (χ2v) is 7.14. The first kappa shape index (κ1) is 17.9. The molecule has 0 unspecified atom stereocenters. The number of ketones is 1. The van der Waals surface area contributed by atoms with E-state index >= 15 is 0 Å². The Labute approximate surface area is 170 Å². The highest BCUT2D eigenvalue weighted by atomic mass is 16.2. The monoisotopic (exact) mass is 402 g/mol. The highest BCUT2D eigenvalue weighted by molar-refractivity contribution is 6.15. The lowest BCUT2D eigenvalue weighted by atomic mass is 10.0. The van der Waals surface area contributed by atoms with Gasteiger partial charge in [-0.3, -0.25) is 15.2 Å². The number of carbonyl (C=O) groups is 2. The Balaban J connectivity index is 1.33. The number of hydrogen-bond acceptors (Lipinski definition) is 6. The number of rotatable bonds is 5. The van der Waals surface area contributed by atoms with Crippen LogP contribution < -0.4 is 16.4 Å². The first-order valence-electron chi connectivity index (χ1n) is 9.44. The van der Waals surface area contributed by atoms with Gasteiger partial charge in [0, 0.05) is 35.1 Å². The minimum Gasteiger partial charge on any atom is -0.382 e. The number of nitrogens with zero attached hydrogens (tertiary/aromatic N) is 4. The third-order valence-electron chi connectivity index (χ3n) is 4.97. The third kappa shape index (κ3) is 3.34. The van der Waals surface area contributed by atoms with Crippen LogP contribution in [-0.2, 0) is 0 Å². The summed E-state index contributed by atoms with van der Waals surface area (Å²) in [6.07, 6.45) is 5.26. The first-order valence-corrected chi connectivity index (χ1v) is 9.44. The van der Waals surface area contributed by atoms with Gasteiger partial charge in [-0.15, -0.1) is 0 Å². The number of hydrogen-bond donors (Lipinski definition) is 4. The fourth-order valence-electron chi connectivity index (χ4n) is 3.34. The van der Waals surface area contributed by atoms with Crippen LogP contribution in [0.1, 0.15) is 40.4 Å². The molecule has 1 aliphatic carbocycles. The average molecular weight is 402 g/mol. The number of fused-ring (bicyclic) bond motifs is 1. The summed E-state index contributed by atoms with van der Waals surface area (Å²) in [7, 11) is 0. The number of anilines is 3. The highest BCUT2D eigenvalue weighted by Gasteiger charge is 2.25. The quantitative estimate of drug-likeness (QED) is 0.378. The molecule has 0 bridgehead atoms. The Hall–Kier alpha value is -4.21. The van der Waals surface area contributed by atoms with Crippen LogP contribution in [0.3, 0.4) is 0 Å². The van der Waals surface area contributed by atoms with E-state index in [0.717, 1.165) is 18.5 Å². The molecule has 150 valence electrons. The van der Waals surface area contributed by atoms with Crippen LogP contribution in [0, 0.1) is 0 Å². The molecule has 4 aromatic rings. The molecule has 1 aromatic carbocycles. The number of nitrogens with two attached hydrogens (primary N) is 1. The van der Waals surface area contributed by atoms with Crippen molar-refractivity contribution in [1.82, 2.24) is 24.8 Å².